The number of oxazole rings is 1. The molecule has 0 saturated carbocycles. The summed E-state index contributed by atoms with van der Waals surface area (Å²) in [6.07, 6.45) is 0. The highest BCUT2D eigenvalue weighted by Crippen LogP contribution is 2.17. The van der Waals surface area contributed by atoms with Gasteiger partial charge in [-0.3, -0.25) is 4.84 Å². The number of hydrogen-bond acceptors (Lipinski definition) is 5. The molecular weight excluding hydrogens is 206 g/mol. The van der Waals surface area contributed by atoms with Crippen molar-refractivity contribution in [2.24, 2.45) is 0 Å². The highest BCUT2D eigenvalue weighted by Gasteiger charge is 2.13. The SMILES string of the molecule is OB(O)c1ccc2oc(NCl)nc2c1. The normalized spacial score (nSPS) is 10.5. The third-order valence-corrected chi connectivity index (χ3v) is 1.95. The molecule has 0 amide bonds. The molecular formula is C7H6BClN2O3. The fourth-order valence-electron chi connectivity index (χ4n) is 1.15. The van der Waals surface area contributed by atoms with Crippen molar-refractivity contribution in [3.8, 4) is 0 Å². The van der Waals surface area contributed by atoms with E-state index in [0.29, 0.717) is 16.6 Å². The van der Waals surface area contributed by atoms with Gasteiger partial charge in [-0.25, -0.2) is 0 Å². The molecule has 5 nitrogen and oxygen atoms in total. The summed E-state index contributed by atoms with van der Waals surface area (Å²) in [6.45, 7) is 0. The number of rotatable bonds is 2. The van der Waals surface area contributed by atoms with Crippen molar-refractivity contribution in [3.63, 3.8) is 0 Å². The largest absolute Gasteiger partial charge is 0.488 e. The maximum Gasteiger partial charge on any atom is 0.488 e. The molecule has 0 aliphatic heterocycles. The second kappa shape index (κ2) is 3.49. The van der Waals surface area contributed by atoms with E-state index in [4.69, 9.17) is 26.2 Å². The zero-order valence-corrected chi connectivity index (χ0v) is 7.69. The average Bonchev–Trinajstić information content (AvgIpc) is 2.58. The fraction of sp³-hybridized carbons (Fsp3) is 0. The molecule has 3 N–H and O–H groups in total. The molecule has 1 heterocycles. The summed E-state index contributed by atoms with van der Waals surface area (Å²) in [7, 11) is -1.51. The number of hydrogen-bond donors (Lipinski definition) is 3. The van der Waals surface area contributed by atoms with Crippen LogP contribution in [0.3, 0.4) is 0 Å². The van der Waals surface area contributed by atoms with Crippen molar-refractivity contribution >= 4 is 41.5 Å². The maximum atomic E-state index is 8.90. The molecule has 14 heavy (non-hydrogen) atoms. The van der Waals surface area contributed by atoms with Crippen molar-refractivity contribution < 1.29 is 14.5 Å². The lowest BCUT2D eigenvalue weighted by atomic mass is 9.80. The van der Waals surface area contributed by atoms with Gasteiger partial charge in [0.1, 0.15) is 5.52 Å². The number of benzene rings is 1. The second-order valence-electron chi connectivity index (χ2n) is 2.71. The van der Waals surface area contributed by atoms with Crippen LogP contribution >= 0.6 is 11.8 Å². The quantitative estimate of drug-likeness (QED) is 0.485. The fourth-order valence-corrected chi connectivity index (χ4v) is 1.23. The van der Waals surface area contributed by atoms with E-state index in [9.17, 15) is 0 Å². The monoisotopic (exact) mass is 212 g/mol. The van der Waals surface area contributed by atoms with Crippen LogP contribution < -0.4 is 10.3 Å². The van der Waals surface area contributed by atoms with Gasteiger partial charge >= 0.3 is 13.1 Å². The molecule has 0 radical (unpaired) electrons. The Morgan fingerprint density at radius 2 is 2.21 bits per heavy atom. The first-order valence-electron chi connectivity index (χ1n) is 3.84. The number of nitrogens with one attached hydrogen (secondary N) is 1. The number of aromatic nitrogens is 1. The predicted octanol–water partition coefficient (Wildman–Crippen LogP) is 0.0733. The van der Waals surface area contributed by atoms with E-state index >= 15 is 0 Å². The molecule has 0 unspecified atom stereocenters. The summed E-state index contributed by atoms with van der Waals surface area (Å²) >= 11 is 5.30. The number of nitrogens with zero attached hydrogens (tertiary/aromatic N) is 1. The van der Waals surface area contributed by atoms with Crippen molar-refractivity contribution in [2.45, 2.75) is 0 Å². The number of anilines is 1. The Labute approximate surface area is 84.6 Å². The summed E-state index contributed by atoms with van der Waals surface area (Å²) in [5, 5.41) is 17.8. The molecule has 0 bridgehead atoms. The molecule has 0 aliphatic carbocycles. The molecule has 7 heteroatoms. The minimum Gasteiger partial charge on any atom is -0.423 e. The van der Waals surface area contributed by atoms with Crippen LogP contribution in [0.2, 0.25) is 0 Å². The molecule has 2 rings (SSSR count). The smallest absolute Gasteiger partial charge is 0.423 e. The third kappa shape index (κ3) is 1.55. The van der Waals surface area contributed by atoms with Crippen molar-refractivity contribution in [2.75, 3.05) is 4.84 Å². The zero-order valence-electron chi connectivity index (χ0n) is 6.94. The van der Waals surface area contributed by atoms with Crippen LogP contribution in [0.4, 0.5) is 6.01 Å². The summed E-state index contributed by atoms with van der Waals surface area (Å²) in [5.41, 5.74) is 1.39. The molecule has 0 atom stereocenters. The van der Waals surface area contributed by atoms with Crippen LogP contribution in [-0.2, 0) is 0 Å². The van der Waals surface area contributed by atoms with E-state index in [2.05, 4.69) is 9.82 Å². The zero-order chi connectivity index (χ0) is 10.1. The van der Waals surface area contributed by atoms with Gasteiger partial charge in [0.2, 0.25) is 0 Å². The van der Waals surface area contributed by atoms with E-state index in [1.807, 2.05) is 0 Å². The van der Waals surface area contributed by atoms with Gasteiger partial charge in [-0.15, -0.1) is 0 Å². The Hall–Kier alpha value is -1.24. The number of fused-ring (bicyclic) bond motifs is 1. The molecule has 1 aromatic heterocycles. The lowest BCUT2D eigenvalue weighted by Gasteiger charge is -1.96. The first-order valence-corrected chi connectivity index (χ1v) is 4.22. The van der Waals surface area contributed by atoms with Crippen LogP contribution in [0.1, 0.15) is 0 Å². The van der Waals surface area contributed by atoms with E-state index in [1.165, 1.54) is 12.1 Å². The topological polar surface area (TPSA) is 78.5 Å². The summed E-state index contributed by atoms with van der Waals surface area (Å²) in [6, 6.07) is 4.82. The lowest BCUT2D eigenvalue weighted by Crippen LogP contribution is -2.29. The molecule has 0 fully saturated rings. The van der Waals surface area contributed by atoms with Crippen LogP contribution in [0.5, 0.6) is 0 Å². The average molecular weight is 212 g/mol. The van der Waals surface area contributed by atoms with Crippen LogP contribution in [-0.4, -0.2) is 22.2 Å². The van der Waals surface area contributed by atoms with Crippen LogP contribution in [0.15, 0.2) is 22.6 Å². The van der Waals surface area contributed by atoms with Gasteiger partial charge in [-0.05, 0) is 17.6 Å². The van der Waals surface area contributed by atoms with Gasteiger partial charge in [0.25, 0.3) is 0 Å². The van der Waals surface area contributed by atoms with Gasteiger partial charge in [-0.1, -0.05) is 6.07 Å². The molecule has 0 saturated heterocycles. The Balaban J connectivity index is 2.54. The molecule has 0 spiro atoms. The van der Waals surface area contributed by atoms with E-state index < -0.39 is 7.12 Å². The number of halogens is 1. The van der Waals surface area contributed by atoms with Crippen LogP contribution in [0.25, 0.3) is 11.1 Å². The molecule has 1 aromatic carbocycles. The van der Waals surface area contributed by atoms with Gasteiger partial charge in [0.15, 0.2) is 5.58 Å². The van der Waals surface area contributed by atoms with Crippen molar-refractivity contribution in [1.82, 2.24) is 4.98 Å². The minimum atomic E-state index is -1.51. The van der Waals surface area contributed by atoms with E-state index in [0.717, 1.165) is 0 Å². The first kappa shape index (κ1) is 9.33. The van der Waals surface area contributed by atoms with Crippen molar-refractivity contribution in [3.05, 3.63) is 18.2 Å². The molecule has 2 aromatic rings. The lowest BCUT2D eigenvalue weighted by molar-refractivity contribution is 0.426. The standard InChI is InChI=1S/C7H6BClN2O3/c9-11-7-10-5-3-4(8(12)13)1-2-6(5)14-7/h1-3,12-13H,(H,10,11). The Morgan fingerprint density at radius 3 is 2.86 bits per heavy atom. The van der Waals surface area contributed by atoms with Gasteiger partial charge < -0.3 is 14.5 Å². The summed E-state index contributed by atoms with van der Waals surface area (Å²) in [4.78, 5) is 6.18. The summed E-state index contributed by atoms with van der Waals surface area (Å²) in [5.74, 6) is 0. The van der Waals surface area contributed by atoms with E-state index in [-0.39, 0.29) is 6.01 Å². The summed E-state index contributed by atoms with van der Waals surface area (Å²) < 4.78 is 5.13. The Morgan fingerprint density at radius 1 is 1.43 bits per heavy atom. The Kier molecular flexibility index (Phi) is 2.32. The van der Waals surface area contributed by atoms with Gasteiger partial charge in [0, 0.05) is 11.8 Å². The highest BCUT2D eigenvalue weighted by molar-refractivity contribution is 6.58. The third-order valence-electron chi connectivity index (χ3n) is 1.79. The molecule has 0 aliphatic rings. The Bertz CT molecular complexity index is 459. The van der Waals surface area contributed by atoms with Crippen LogP contribution in [0, 0.1) is 0 Å². The predicted molar refractivity (Wildman–Crippen MR) is 53.3 cm³/mol. The van der Waals surface area contributed by atoms with E-state index in [1.54, 1.807) is 6.07 Å². The first-order chi connectivity index (χ1) is 6.70. The highest BCUT2D eigenvalue weighted by atomic mass is 35.5. The van der Waals surface area contributed by atoms with Gasteiger partial charge in [0.05, 0.1) is 0 Å². The van der Waals surface area contributed by atoms with Gasteiger partial charge in [-0.2, -0.15) is 4.98 Å². The molecule has 72 valence electrons. The minimum absolute atomic E-state index is 0.172. The maximum absolute atomic E-state index is 8.90. The second-order valence-corrected chi connectivity index (χ2v) is 2.90. The van der Waals surface area contributed by atoms with Crippen molar-refractivity contribution in [1.29, 1.82) is 0 Å².